The van der Waals surface area contributed by atoms with Crippen molar-refractivity contribution in [2.45, 2.75) is 20.8 Å². The van der Waals surface area contributed by atoms with Crippen LogP contribution in [0.1, 0.15) is 25.0 Å². The van der Waals surface area contributed by atoms with Gasteiger partial charge in [0, 0.05) is 5.92 Å². The van der Waals surface area contributed by atoms with E-state index in [0.29, 0.717) is 0 Å². The van der Waals surface area contributed by atoms with E-state index >= 15 is 0 Å². The molecule has 0 unspecified atom stereocenters. The van der Waals surface area contributed by atoms with Crippen LogP contribution in [0, 0.1) is 12.8 Å². The van der Waals surface area contributed by atoms with Crippen LogP contribution < -0.4 is 5.43 Å². The highest BCUT2D eigenvalue weighted by Gasteiger charge is 2.03. The number of amides is 1. The van der Waals surface area contributed by atoms with Crippen molar-refractivity contribution in [3.05, 3.63) is 35.4 Å². The molecule has 0 aliphatic heterocycles. The van der Waals surface area contributed by atoms with Crippen LogP contribution in [0.5, 0.6) is 0 Å². The molecule has 1 N–H and O–H groups in total. The number of benzene rings is 1. The topological polar surface area (TPSA) is 41.5 Å². The van der Waals surface area contributed by atoms with Gasteiger partial charge in [0.05, 0.1) is 6.21 Å². The smallest absolute Gasteiger partial charge is 0.242 e. The van der Waals surface area contributed by atoms with Crippen LogP contribution in [0.4, 0.5) is 0 Å². The molecule has 0 aromatic heterocycles. The number of aryl methyl sites for hydroxylation is 1. The van der Waals surface area contributed by atoms with Gasteiger partial charge in [-0.25, -0.2) is 5.43 Å². The van der Waals surface area contributed by atoms with Crippen molar-refractivity contribution < 1.29 is 4.79 Å². The van der Waals surface area contributed by atoms with E-state index in [-0.39, 0.29) is 11.8 Å². The Labute approximate surface area is 90.2 Å². The third kappa shape index (κ3) is 3.94. The highest BCUT2D eigenvalue weighted by atomic mass is 16.2. The molecule has 0 saturated heterocycles. The molecule has 0 atom stereocenters. The van der Waals surface area contributed by atoms with E-state index in [1.807, 2.05) is 45.0 Å². The zero-order valence-corrected chi connectivity index (χ0v) is 9.32. The molecule has 3 nitrogen and oxygen atoms in total. The van der Waals surface area contributed by atoms with E-state index in [1.54, 1.807) is 6.21 Å². The van der Waals surface area contributed by atoms with E-state index in [1.165, 1.54) is 5.56 Å². The van der Waals surface area contributed by atoms with Crippen LogP contribution in [0.25, 0.3) is 0 Å². The first kappa shape index (κ1) is 11.4. The molecule has 3 heteroatoms. The molecule has 0 aliphatic carbocycles. The third-order valence-electron chi connectivity index (χ3n) is 1.99. The van der Waals surface area contributed by atoms with Gasteiger partial charge in [0.2, 0.25) is 5.91 Å². The van der Waals surface area contributed by atoms with Gasteiger partial charge < -0.3 is 0 Å². The van der Waals surface area contributed by atoms with Gasteiger partial charge in [-0.2, -0.15) is 5.10 Å². The highest BCUT2D eigenvalue weighted by Crippen LogP contribution is 1.99. The van der Waals surface area contributed by atoms with Crippen LogP contribution in [0.3, 0.4) is 0 Å². The van der Waals surface area contributed by atoms with Crippen LogP contribution in [0.15, 0.2) is 29.4 Å². The lowest BCUT2D eigenvalue weighted by molar-refractivity contribution is -0.123. The lowest BCUT2D eigenvalue weighted by Crippen LogP contribution is -2.22. The minimum absolute atomic E-state index is 0.0415. The fourth-order valence-corrected chi connectivity index (χ4v) is 0.952. The number of nitrogens with one attached hydrogen (secondary N) is 1. The summed E-state index contributed by atoms with van der Waals surface area (Å²) in [5.74, 6) is -0.112. The minimum Gasteiger partial charge on any atom is -0.273 e. The van der Waals surface area contributed by atoms with Crippen LogP contribution in [-0.2, 0) is 4.79 Å². The number of hydrogen-bond acceptors (Lipinski definition) is 2. The van der Waals surface area contributed by atoms with E-state index in [2.05, 4.69) is 10.5 Å². The Morgan fingerprint density at radius 1 is 1.33 bits per heavy atom. The Morgan fingerprint density at radius 3 is 2.47 bits per heavy atom. The van der Waals surface area contributed by atoms with E-state index in [9.17, 15) is 4.79 Å². The molecule has 15 heavy (non-hydrogen) atoms. The van der Waals surface area contributed by atoms with Gasteiger partial charge in [0.15, 0.2) is 0 Å². The predicted octanol–water partition coefficient (Wildman–Crippen LogP) is 2.10. The average molecular weight is 204 g/mol. The predicted molar refractivity (Wildman–Crippen MR) is 61.8 cm³/mol. The fraction of sp³-hybridized carbons (Fsp3) is 0.333. The summed E-state index contributed by atoms with van der Waals surface area (Å²) in [5, 5.41) is 3.87. The second-order valence-corrected chi connectivity index (χ2v) is 3.80. The van der Waals surface area contributed by atoms with Gasteiger partial charge in [0.25, 0.3) is 0 Å². The van der Waals surface area contributed by atoms with Crippen molar-refractivity contribution in [1.29, 1.82) is 0 Å². The number of carbonyl (C=O) groups is 1. The van der Waals surface area contributed by atoms with Gasteiger partial charge in [-0.05, 0) is 12.5 Å². The standard InChI is InChI=1S/C12H16N2O/c1-9(2)12(15)14-13-8-11-6-4-10(3)5-7-11/h4-9H,1-3H3,(H,14,15)/b13-8+. The third-order valence-corrected chi connectivity index (χ3v) is 1.99. The van der Waals surface area contributed by atoms with E-state index < -0.39 is 0 Å². The summed E-state index contributed by atoms with van der Waals surface area (Å²) < 4.78 is 0. The summed E-state index contributed by atoms with van der Waals surface area (Å²) in [6.07, 6.45) is 1.64. The molecular weight excluding hydrogens is 188 g/mol. The molecule has 0 bridgehead atoms. The lowest BCUT2D eigenvalue weighted by Gasteiger charge is -2.01. The lowest BCUT2D eigenvalue weighted by atomic mass is 10.2. The van der Waals surface area contributed by atoms with Crippen LogP contribution >= 0.6 is 0 Å². The number of carbonyl (C=O) groups excluding carboxylic acids is 1. The number of hydrogen-bond donors (Lipinski definition) is 1. The first-order chi connectivity index (χ1) is 7.09. The van der Waals surface area contributed by atoms with Crippen molar-refractivity contribution in [3.63, 3.8) is 0 Å². The van der Waals surface area contributed by atoms with Crippen molar-refractivity contribution in [3.8, 4) is 0 Å². The van der Waals surface area contributed by atoms with Gasteiger partial charge in [-0.15, -0.1) is 0 Å². The summed E-state index contributed by atoms with van der Waals surface area (Å²) in [6.45, 7) is 5.69. The van der Waals surface area contributed by atoms with Crippen molar-refractivity contribution in [2.75, 3.05) is 0 Å². The second kappa shape index (κ2) is 5.29. The van der Waals surface area contributed by atoms with E-state index in [0.717, 1.165) is 5.56 Å². The van der Waals surface area contributed by atoms with Gasteiger partial charge in [-0.1, -0.05) is 43.7 Å². The molecule has 80 valence electrons. The Kier molecular flexibility index (Phi) is 4.03. The monoisotopic (exact) mass is 204 g/mol. The highest BCUT2D eigenvalue weighted by molar-refractivity contribution is 5.83. The summed E-state index contributed by atoms with van der Waals surface area (Å²) in [7, 11) is 0. The zero-order valence-electron chi connectivity index (χ0n) is 9.32. The molecule has 1 amide bonds. The normalized spacial score (nSPS) is 10.9. The van der Waals surface area contributed by atoms with Crippen LogP contribution in [-0.4, -0.2) is 12.1 Å². The Hall–Kier alpha value is -1.64. The number of nitrogens with zero attached hydrogens (tertiary/aromatic N) is 1. The first-order valence-electron chi connectivity index (χ1n) is 4.99. The largest absolute Gasteiger partial charge is 0.273 e. The summed E-state index contributed by atoms with van der Waals surface area (Å²) in [6, 6.07) is 7.93. The summed E-state index contributed by atoms with van der Waals surface area (Å²) in [5.41, 5.74) is 4.66. The molecule has 1 aromatic carbocycles. The van der Waals surface area contributed by atoms with Crippen LogP contribution in [0.2, 0.25) is 0 Å². The molecule has 0 spiro atoms. The van der Waals surface area contributed by atoms with Crippen molar-refractivity contribution in [2.24, 2.45) is 11.0 Å². The van der Waals surface area contributed by atoms with Crippen molar-refractivity contribution >= 4 is 12.1 Å². The fourth-order valence-electron chi connectivity index (χ4n) is 0.952. The van der Waals surface area contributed by atoms with Crippen molar-refractivity contribution in [1.82, 2.24) is 5.43 Å². The maximum Gasteiger partial charge on any atom is 0.242 e. The molecule has 0 aliphatic rings. The molecular formula is C12H16N2O. The molecule has 0 heterocycles. The van der Waals surface area contributed by atoms with Gasteiger partial charge >= 0.3 is 0 Å². The molecule has 0 radical (unpaired) electrons. The summed E-state index contributed by atoms with van der Waals surface area (Å²) in [4.78, 5) is 11.2. The molecule has 0 saturated carbocycles. The zero-order chi connectivity index (χ0) is 11.3. The van der Waals surface area contributed by atoms with Gasteiger partial charge in [-0.3, -0.25) is 4.79 Å². The minimum atomic E-state index is -0.0710. The quantitative estimate of drug-likeness (QED) is 0.594. The Morgan fingerprint density at radius 2 is 1.93 bits per heavy atom. The maximum atomic E-state index is 11.2. The number of rotatable bonds is 3. The van der Waals surface area contributed by atoms with Gasteiger partial charge in [0.1, 0.15) is 0 Å². The Balaban J connectivity index is 2.51. The average Bonchev–Trinajstić information content (AvgIpc) is 2.20. The SMILES string of the molecule is Cc1ccc(/C=N/NC(=O)C(C)C)cc1. The molecule has 1 rings (SSSR count). The van der Waals surface area contributed by atoms with E-state index in [4.69, 9.17) is 0 Å². The molecule has 1 aromatic rings. The number of hydrazone groups is 1. The maximum absolute atomic E-state index is 11.2. The second-order valence-electron chi connectivity index (χ2n) is 3.80. The Bertz CT molecular complexity index is 352. The molecule has 0 fully saturated rings. The summed E-state index contributed by atoms with van der Waals surface area (Å²) >= 11 is 0. The first-order valence-corrected chi connectivity index (χ1v) is 4.99.